The predicted octanol–water partition coefficient (Wildman–Crippen LogP) is 1.85. The summed E-state index contributed by atoms with van der Waals surface area (Å²) in [5.41, 5.74) is 0. The summed E-state index contributed by atoms with van der Waals surface area (Å²) in [4.78, 5) is 11.1. The molecule has 1 saturated carbocycles. The summed E-state index contributed by atoms with van der Waals surface area (Å²) in [7, 11) is 0. The van der Waals surface area contributed by atoms with Gasteiger partial charge in [0.2, 0.25) is 6.29 Å². The van der Waals surface area contributed by atoms with E-state index in [1.54, 1.807) is 6.92 Å². The molecular formula is C10H16O3. The van der Waals surface area contributed by atoms with Gasteiger partial charge in [0.1, 0.15) is 0 Å². The lowest BCUT2D eigenvalue weighted by atomic mass is 9.89. The predicted molar refractivity (Wildman–Crippen MR) is 47.0 cm³/mol. The zero-order chi connectivity index (χ0) is 9.26. The molecule has 2 fully saturated rings. The quantitative estimate of drug-likeness (QED) is 0.583. The minimum Gasteiger partial charge on any atom is -0.434 e. The molecule has 0 spiro atoms. The van der Waals surface area contributed by atoms with Gasteiger partial charge in [-0.15, -0.1) is 0 Å². The largest absolute Gasteiger partial charge is 0.434 e. The Balaban J connectivity index is 1.90. The molecule has 0 radical (unpaired) electrons. The fourth-order valence-corrected chi connectivity index (χ4v) is 2.11. The molecule has 0 amide bonds. The highest BCUT2D eigenvalue weighted by molar-refractivity contribution is 5.75. The second-order valence-electron chi connectivity index (χ2n) is 3.98. The Kier molecular flexibility index (Phi) is 2.54. The first-order valence-electron chi connectivity index (χ1n) is 5.13. The lowest BCUT2D eigenvalue weighted by molar-refractivity contribution is -0.149. The first-order chi connectivity index (χ1) is 6.27. The van der Waals surface area contributed by atoms with Crippen LogP contribution in [-0.2, 0) is 14.3 Å². The van der Waals surface area contributed by atoms with Gasteiger partial charge in [-0.1, -0.05) is 19.3 Å². The van der Waals surface area contributed by atoms with Crippen LogP contribution in [0.5, 0.6) is 0 Å². The van der Waals surface area contributed by atoms with Crippen molar-refractivity contribution in [1.82, 2.24) is 0 Å². The molecule has 0 bridgehead atoms. The van der Waals surface area contributed by atoms with Crippen molar-refractivity contribution in [3.8, 4) is 0 Å². The summed E-state index contributed by atoms with van der Waals surface area (Å²) in [6.07, 6.45) is 5.49. The van der Waals surface area contributed by atoms with Crippen molar-refractivity contribution in [2.75, 3.05) is 0 Å². The van der Waals surface area contributed by atoms with Gasteiger partial charge in [0.05, 0.1) is 0 Å². The van der Waals surface area contributed by atoms with Gasteiger partial charge < -0.3 is 9.47 Å². The van der Waals surface area contributed by atoms with E-state index in [0.717, 1.165) is 12.8 Å². The van der Waals surface area contributed by atoms with E-state index in [2.05, 4.69) is 0 Å². The maximum absolute atomic E-state index is 11.1. The van der Waals surface area contributed by atoms with Crippen molar-refractivity contribution in [1.29, 1.82) is 0 Å². The molecule has 1 aliphatic carbocycles. The molecule has 2 atom stereocenters. The van der Waals surface area contributed by atoms with Crippen LogP contribution in [0.3, 0.4) is 0 Å². The average molecular weight is 184 g/mol. The summed E-state index contributed by atoms with van der Waals surface area (Å²) in [6.45, 7) is 1.76. The first-order valence-corrected chi connectivity index (χ1v) is 5.13. The van der Waals surface area contributed by atoms with E-state index in [-0.39, 0.29) is 18.4 Å². The molecule has 1 aliphatic heterocycles. The molecule has 3 heteroatoms. The minimum atomic E-state index is -0.355. The van der Waals surface area contributed by atoms with Crippen molar-refractivity contribution in [3.05, 3.63) is 0 Å². The molecule has 1 saturated heterocycles. The van der Waals surface area contributed by atoms with Crippen LogP contribution in [0.25, 0.3) is 0 Å². The van der Waals surface area contributed by atoms with Crippen LogP contribution < -0.4 is 0 Å². The highest BCUT2D eigenvalue weighted by Gasteiger charge is 2.37. The number of carbonyl (C=O) groups excluding carboxylic acids is 1. The summed E-state index contributed by atoms with van der Waals surface area (Å²) in [5.74, 6) is 0.248. The smallest absolute Gasteiger partial charge is 0.337 e. The second kappa shape index (κ2) is 3.66. The zero-order valence-corrected chi connectivity index (χ0v) is 7.99. The first kappa shape index (κ1) is 9.00. The standard InChI is InChI=1S/C10H16O3/c1-7-9(11)13-10(12-7)8-5-3-2-4-6-8/h7-8,10H,2-6H2,1H3. The van der Waals surface area contributed by atoms with Gasteiger partial charge in [-0.25, -0.2) is 4.79 Å². The molecule has 3 nitrogen and oxygen atoms in total. The van der Waals surface area contributed by atoms with Crippen molar-refractivity contribution < 1.29 is 14.3 Å². The molecule has 2 aliphatic rings. The topological polar surface area (TPSA) is 35.5 Å². The van der Waals surface area contributed by atoms with E-state index >= 15 is 0 Å². The Hall–Kier alpha value is -0.570. The van der Waals surface area contributed by atoms with E-state index in [1.807, 2.05) is 0 Å². The third kappa shape index (κ3) is 1.85. The number of hydrogen-bond acceptors (Lipinski definition) is 3. The van der Waals surface area contributed by atoms with E-state index in [9.17, 15) is 4.79 Å². The summed E-state index contributed by atoms with van der Waals surface area (Å²) in [5, 5.41) is 0. The maximum atomic E-state index is 11.1. The van der Waals surface area contributed by atoms with Crippen molar-refractivity contribution >= 4 is 5.97 Å². The van der Waals surface area contributed by atoms with Crippen LogP contribution in [-0.4, -0.2) is 18.4 Å². The van der Waals surface area contributed by atoms with Crippen LogP contribution in [0, 0.1) is 5.92 Å². The van der Waals surface area contributed by atoms with Crippen LogP contribution in [0.4, 0.5) is 0 Å². The molecule has 0 aromatic rings. The van der Waals surface area contributed by atoms with E-state index in [1.165, 1.54) is 19.3 Å². The van der Waals surface area contributed by atoms with Crippen LogP contribution >= 0.6 is 0 Å². The van der Waals surface area contributed by atoms with Crippen LogP contribution in [0.1, 0.15) is 39.0 Å². The normalized spacial score (nSPS) is 36.2. The lowest BCUT2D eigenvalue weighted by Gasteiger charge is -2.25. The lowest BCUT2D eigenvalue weighted by Crippen LogP contribution is -2.24. The molecule has 13 heavy (non-hydrogen) atoms. The van der Waals surface area contributed by atoms with Gasteiger partial charge in [-0.3, -0.25) is 0 Å². The van der Waals surface area contributed by atoms with Gasteiger partial charge in [-0.2, -0.15) is 0 Å². The Morgan fingerprint density at radius 3 is 2.46 bits per heavy atom. The molecule has 74 valence electrons. The van der Waals surface area contributed by atoms with Crippen molar-refractivity contribution in [2.24, 2.45) is 5.92 Å². The molecule has 0 N–H and O–H groups in total. The molecule has 0 aromatic heterocycles. The number of ether oxygens (including phenoxy) is 2. The third-order valence-electron chi connectivity index (χ3n) is 2.94. The van der Waals surface area contributed by atoms with Crippen LogP contribution in [0.15, 0.2) is 0 Å². The summed E-state index contributed by atoms with van der Waals surface area (Å²) in [6, 6.07) is 0. The fraction of sp³-hybridized carbons (Fsp3) is 0.900. The Morgan fingerprint density at radius 2 is 1.92 bits per heavy atom. The number of esters is 1. The van der Waals surface area contributed by atoms with Crippen molar-refractivity contribution in [3.63, 3.8) is 0 Å². The van der Waals surface area contributed by atoms with Crippen LogP contribution in [0.2, 0.25) is 0 Å². The van der Waals surface area contributed by atoms with Gasteiger partial charge in [0, 0.05) is 5.92 Å². The Bertz CT molecular complexity index is 196. The van der Waals surface area contributed by atoms with Gasteiger partial charge in [0.25, 0.3) is 0 Å². The van der Waals surface area contributed by atoms with Gasteiger partial charge in [0.15, 0.2) is 6.10 Å². The number of rotatable bonds is 1. The Morgan fingerprint density at radius 1 is 1.23 bits per heavy atom. The Labute approximate surface area is 78.4 Å². The monoisotopic (exact) mass is 184 g/mol. The SMILES string of the molecule is CC1OC(C2CCCCC2)OC1=O. The molecular weight excluding hydrogens is 168 g/mol. The minimum absolute atomic E-state index is 0.199. The average Bonchev–Trinajstić information content (AvgIpc) is 2.49. The maximum Gasteiger partial charge on any atom is 0.337 e. The van der Waals surface area contributed by atoms with Gasteiger partial charge in [-0.05, 0) is 19.8 Å². The molecule has 2 rings (SSSR count). The summed E-state index contributed by atoms with van der Waals surface area (Å²) < 4.78 is 10.6. The molecule has 2 unspecified atom stereocenters. The zero-order valence-electron chi connectivity index (χ0n) is 7.99. The third-order valence-corrected chi connectivity index (χ3v) is 2.94. The molecule has 0 aromatic carbocycles. The van der Waals surface area contributed by atoms with Gasteiger partial charge >= 0.3 is 5.97 Å². The van der Waals surface area contributed by atoms with Crippen molar-refractivity contribution in [2.45, 2.75) is 51.4 Å². The van der Waals surface area contributed by atoms with E-state index in [4.69, 9.17) is 9.47 Å². The molecule has 1 heterocycles. The van der Waals surface area contributed by atoms with E-state index < -0.39 is 0 Å². The fourth-order valence-electron chi connectivity index (χ4n) is 2.11. The number of cyclic esters (lactones) is 1. The van der Waals surface area contributed by atoms with E-state index in [0.29, 0.717) is 5.92 Å². The number of carbonyl (C=O) groups is 1. The second-order valence-corrected chi connectivity index (χ2v) is 3.98. The highest BCUT2D eigenvalue weighted by atomic mass is 16.8. The number of hydrogen-bond donors (Lipinski definition) is 0. The summed E-state index contributed by atoms with van der Waals surface area (Å²) >= 11 is 0. The highest BCUT2D eigenvalue weighted by Crippen LogP contribution is 2.31.